The van der Waals surface area contributed by atoms with Crippen LogP contribution in [0.15, 0.2) is 67.0 Å². The topological polar surface area (TPSA) is 64.1 Å². The molecule has 0 amide bonds. The summed E-state index contributed by atoms with van der Waals surface area (Å²) in [5.74, 6) is 1.89. The van der Waals surface area contributed by atoms with Crippen molar-refractivity contribution < 1.29 is 9.53 Å². The number of aromatic nitrogens is 2. The average Bonchev–Trinajstić information content (AvgIpc) is 2.76. The number of ketones is 1. The van der Waals surface area contributed by atoms with Crippen LogP contribution in [0.5, 0.6) is 11.6 Å². The van der Waals surface area contributed by atoms with Gasteiger partial charge in [0.05, 0.1) is 0 Å². The molecule has 1 aromatic heterocycles. The van der Waals surface area contributed by atoms with Crippen LogP contribution in [0.1, 0.15) is 27.0 Å². The Labute approximate surface area is 175 Å². The van der Waals surface area contributed by atoms with Crippen molar-refractivity contribution in [3.63, 3.8) is 0 Å². The number of ether oxygens (including phenoxy) is 1. The maximum atomic E-state index is 13.0. The first kappa shape index (κ1) is 19.6. The number of Topliss-reactive ketones (excluding diaryl/α,β-unsaturated/α-hetero) is 1. The molecule has 0 aliphatic heterocycles. The van der Waals surface area contributed by atoms with Crippen LogP contribution < -0.4 is 10.1 Å². The van der Waals surface area contributed by atoms with Crippen molar-refractivity contribution in [3.05, 3.63) is 89.2 Å². The summed E-state index contributed by atoms with van der Waals surface area (Å²) in [6.07, 6.45) is 1.83. The minimum atomic E-state index is 0.104. The summed E-state index contributed by atoms with van der Waals surface area (Å²) < 4.78 is 5.87. The van der Waals surface area contributed by atoms with E-state index in [2.05, 4.69) is 41.3 Å². The first-order valence-electron chi connectivity index (χ1n) is 9.83. The Morgan fingerprint density at radius 1 is 0.967 bits per heavy atom. The van der Waals surface area contributed by atoms with Crippen molar-refractivity contribution in [2.45, 2.75) is 20.3 Å². The Bertz CT molecular complexity index is 1230. The SMILES string of the molecule is CNc1cc(Oc2ccc3c(C(=O)Cc4ccc(C)c(C)c4)cccc3c2)ncn1. The number of nitrogens with zero attached hydrogens (tertiary/aromatic N) is 2. The first-order chi connectivity index (χ1) is 14.5. The zero-order valence-corrected chi connectivity index (χ0v) is 17.3. The van der Waals surface area contributed by atoms with E-state index in [1.165, 1.54) is 17.5 Å². The Kier molecular flexibility index (Phi) is 5.44. The second-order valence-corrected chi connectivity index (χ2v) is 7.30. The van der Waals surface area contributed by atoms with Gasteiger partial charge in [-0.15, -0.1) is 0 Å². The Hall–Kier alpha value is -3.73. The van der Waals surface area contributed by atoms with Crippen molar-refractivity contribution in [2.75, 3.05) is 12.4 Å². The Balaban J connectivity index is 1.60. The minimum absolute atomic E-state index is 0.104. The van der Waals surface area contributed by atoms with E-state index in [9.17, 15) is 4.79 Å². The first-order valence-corrected chi connectivity index (χ1v) is 9.83. The molecule has 0 spiro atoms. The van der Waals surface area contributed by atoms with Crippen LogP contribution in [-0.2, 0) is 6.42 Å². The van der Waals surface area contributed by atoms with Gasteiger partial charge >= 0.3 is 0 Å². The van der Waals surface area contributed by atoms with Crippen molar-refractivity contribution in [1.82, 2.24) is 9.97 Å². The molecule has 0 aliphatic carbocycles. The highest BCUT2D eigenvalue weighted by molar-refractivity contribution is 6.09. The summed E-state index contributed by atoms with van der Waals surface area (Å²) >= 11 is 0. The molecule has 0 fully saturated rings. The number of hydrogen-bond acceptors (Lipinski definition) is 5. The van der Waals surface area contributed by atoms with E-state index in [1.54, 1.807) is 13.1 Å². The normalized spacial score (nSPS) is 10.8. The van der Waals surface area contributed by atoms with Gasteiger partial charge in [0.25, 0.3) is 0 Å². The molecule has 0 radical (unpaired) electrons. The maximum Gasteiger partial charge on any atom is 0.224 e. The average molecular weight is 397 g/mol. The van der Waals surface area contributed by atoms with E-state index in [0.29, 0.717) is 23.9 Å². The molecule has 4 rings (SSSR count). The van der Waals surface area contributed by atoms with E-state index < -0.39 is 0 Å². The molecule has 0 unspecified atom stereocenters. The predicted molar refractivity (Wildman–Crippen MR) is 120 cm³/mol. The molecule has 4 aromatic rings. The Morgan fingerprint density at radius 2 is 1.83 bits per heavy atom. The van der Waals surface area contributed by atoms with Gasteiger partial charge < -0.3 is 10.1 Å². The number of nitrogens with one attached hydrogen (secondary N) is 1. The molecule has 1 N–H and O–H groups in total. The Morgan fingerprint density at radius 3 is 2.63 bits per heavy atom. The van der Waals surface area contributed by atoms with Gasteiger partial charge in [0.2, 0.25) is 5.88 Å². The molecular formula is C25H23N3O2. The zero-order valence-electron chi connectivity index (χ0n) is 17.3. The lowest BCUT2D eigenvalue weighted by molar-refractivity contribution is 0.0994. The van der Waals surface area contributed by atoms with Gasteiger partial charge in [-0.2, -0.15) is 0 Å². The van der Waals surface area contributed by atoms with Gasteiger partial charge in [0.1, 0.15) is 17.9 Å². The van der Waals surface area contributed by atoms with Crippen LogP contribution in [0.3, 0.4) is 0 Å². The number of fused-ring (bicyclic) bond motifs is 1. The van der Waals surface area contributed by atoms with E-state index >= 15 is 0 Å². The molecule has 0 saturated carbocycles. The third-order valence-corrected chi connectivity index (χ3v) is 5.21. The molecule has 0 saturated heterocycles. The molecule has 0 atom stereocenters. The lowest BCUT2D eigenvalue weighted by atomic mass is 9.96. The second-order valence-electron chi connectivity index (χ2n) is 7.30. The number of benzene rings is 3. The van der Waals surface area contributed by atoms with E-state index in [1.807, 2.05) is 42.5 Å². The summed E-state index contributed by atoms with van der Waals surface area (Å²) in [5, 5.41) is 4.82. The molecular weight excluding hydrogens is 374 g/mol. The van der Waals surface area contributed by atoms with Gasteiger partial charge in [-0.3, -0.25) is 4.79 Å². The molecule has 0 bridgehead atoms. The molecule has 0 aliphatic rings. The van der Waals surface area contributed by atoms with Crippen molar-refractivity contribution in [3.8, 4) is 11.6 Å². The van der Waals surface area contributed by atoms with Gasteiger partial charge in [-0.25, -0.2) is 9.97 Å². The fraction of sp³-hybridized carbons (Fsp3) is 0.160. The van der Waals surface area contributed by atoms with Crippen LogP contribution in [0.25, 0.3) is 10.8 Å². The van der Waals surface area contributed by atoms with E-state index in [-0.39, 0.29) is 5.78 Å². The number of anilines is 1. The molecule has 30 heavy (non-hydrogen) atoms. The number of rotatable bonds is 6. The summed E-state index contributed by atoms with van der Waals surface area (Å²) in [4.78, 5) is 21.2. The van der Waals surface area contributed by atoms with E-state index in [0.717, 1.165) is 21.9 Å². The van der Waals surface area contributed by atoms with Gasteiger partial charge in [0.15, 0.2) is 5.78 Å². The standard InChI is InChI=1S/C25H23N3O2/c1-16-7-8-18(11-17(16)2)12-23(29)22-6-4-5-19-13-20(9-10-21(19)22)30-25-14-24(26-3)27-15-28-25/h4-11,13-15H,12H2,1-3H3,(H,26,27,28). The molecule has 5 nitrogen and oxygen atoms in total. The lowest BCUT2D eigenvalue weighted by Gasteiger charge is -2.10. The fourth-order valence-corrected chi connectivity index (χ4v) is 3.42. The van der Waals surface area contributed by atoms with Gasteiger partial charge in [-0.1, -0.05) is 36.4 Å². The van der Waals surface area contributed by atoms with Crippen molar-refractivity contribution >= 4 is 22.4 Å². The number of hydrogen-bond donors (Lipinski definition) is 1. The number of carbonyl (C=O) groups is 1. The van der Waals surface area contributed by atoms with Crippen LogP contribution in [0.4, 0.5) is 5.82 Å². The summed E-state index contributed by atoms with van der Waals surface area (Å²) in [6, 6.07) is 19.4. The van der Waals surface area contributed by atoms with Crippen molar-refractivity contribution in [1.29, 1.82) is 0 Å². The third-order valence-electron chi connectivity index (χ3n) is 5.21. The highest BCUT2D eigenvalue weighted by Crippen LogP contribution is 2.28. The molecule has 150 valence electrons. The largest absolute Gasteiger partial charge is 0.439 e. The number of aryl methyl sites for hydroxylation is 2. The van der Waals surface area contributed by atoms with Gasteiger partial charge in [0, 0.05) is 25.1 Å². The third kappa shape index (κ3) is 4.15. The lowest BCUT2D eigenvalue weighted by Crippen LogP contribution is -2.05. The fourth-order valence-electron chi connectivity index (χ4n) is 3.42. The summed E-state index contributed by atoms with van der Waals surface area (Å²) in [7, 11) is 1.79. The smallest absolute Gasteiger partial charge is 0.224 e. The minimum Gasteiger partial charge on any atom is -0.439 e. The van der Waals surface area contributed by atoms with Crippen LogP contribution in [-0.4, -0.2) is 22.8 Å². The molecule has 1 heterocycles. The maximum absolute atomic E-state index is 13.0. The second kappa shape index (κ2) is 8.33. The highest BCUT2D eigenvalue weighted by atomic mass is 16.5. The quantitative estimate of drug-likeness (QED) is 0.435. The monoisotopic (exact) mass is 397 g/mol. The van der Waals surface area contributed by atoms with Crippen molar-refractivity contribution in [2.24, 2.45) is 0 Å². The highest BCUT2D eigenvalue weighted by Gasteiger charge is 2.12. The van der Waals surface area contributed by atoms with Gasteiger partial charge in [-0.05, 0) is 59.5 Å². The molecule has 3 aromatic carbocycles. The zero-order chi connectivity index (χ0) is 21.1. The predicted octanol–water partition coefficient (Wildman–Crippen LogP) is 5.51. The van der Waals surface area contributed by atoms with E-state index in [4.69, 9.17) is 4.74 Å². The molecule has 5 heteroatoms. The van der Waals surface area contributed by atoms with Crippen LogP contribution in [0.2, 0.25) is 0 Å². The summed E-state index contributed by atoms with van der Waals surface area (Å²) in [6.45, 7) is 4.15. The van der Waals surface area contributed by atoms with Crippen LogP contribution >= 0.6 is 0 Å². The van der Waals surface area contributed by atoms with Crippen LogP contribution in [0, 0.1) is 13.8 Å². The number of carbonyl (C=O) groups excluding carboxylic acids is 1. The summed E-state index contributed by atoms with van der Waals surface area (Å²) in [5.41, 5.74) is 4.18.